The highest BCUT2D eigenvalue weighted by Crippen LogP contribution is 2.53. The number of cyclic esters (lactones) is 1. The molecule has 0 aromatic heterocycles. The molecule has 0 bridgehead atoms. The SMILES string of the molecule is C[C@@H]1NC(=O)CC/C=C\[C@@H]2O[C@@]34C=CCN(CCN5CCOCC5)C(=O)[C@@H]3N(CCCCCO)C(=O)[C@H]4[C@@H]2C(=O)O[C@H]1c1ccccc1. The minimum atomic E-state index is -1.38. The van der Waals surface area contributed by atoms with Gasteiger partial charge in [-0.1, -0.05) is 54.6 Å². The molecule has 3 saturated heterocycles. The summed E-state index contributed by atoms with van der Waals surface area (Å²) in [6, 6.07) is 7.77. The molecule has 7 atom stereocenters. The predicted octanol–water partition coefficient (Wildman–Crippen LogP) is 1.60. The molecule has 0 saturated carbocycles. The molecule has 3 amide bonds. The van der Waals surface area contributed by atoms with Crippen molar-refractivity contribution in [3.8, 4) is 0 Å². The van der Waals surface area contributed by atoms with Crippen LogP contribution in [0.15, 0.2) is 54.6 Å². The molecule has 5 aliphatic heterocycles. The molecular weight excluding hydrogens is 616 g/mol. The maximum atomic E-state index is 14.6. The summed E-state index contributed by atoms with van der Waals surface area (Å²) in [5, 5.41) is 12.3. The van der Waals surface area contributed by atoms with Crippen LogP contribution in [0.4, 0.5) is 0 Å². The highest BCUT2D eigenvalue weighted by molar-refractivity contribution is 5.99. The van der Waals surface area contributed by atoms with Crippen molar-refractivity contribution in [3.63, 3.8) is 0 Å². The molecular formula is C36H48N4O8. The van der Waals surface area contributed by atoms with Crippen molar-refractivity contribution in [2.24, 2.45) is 11.8 Å². The van der Waals surface area contributed by atoms with Crippen molar-refractivity contribution in [2.75, 3.05) is 59.1 Å². The van der Waals surface area contributed by atoms with Gasteiger partial charge < -0.3 is 34.4 Å². The third-order valence-electron chi connectivity index (χ3n) is 10.3. The molecule has 1 aromatic carbocycles. The zero-order chi connectivity index (χ0) is 33.7. The summed E-state index contributed by atoms with van der Waals surface area (Å²) < 4.78 is 18.6. The molecule has 260 valence electrons. The fourth-order valence-electron chi connectivity index (χ4n) is 7.85. The Bertz CT molecular complexity index is 1380. The second-order valence-corrected chi connectivity index (χ2v) is 13.4. The maximum Gasteiger partial charge on any atom is 0.313 e. The molecule has 0 aliphatic carbocycles. The monoisotopic (exact) mass is 664 g/mol. The van der Waals surface area contributed by atoms with Gasteiger partial charge in [-0.25, -0.2) is 0 Å². The lowest BCUT2D eigenvalue weighted by atomic mass is 9.77. The van der Waals surface area contributed by atoms with Gasteiger partial charge in [-0.3, -0.25) is 24.1 Å². The molecule has 1 aromatic rings. The fourth-order valence-corrected chi connectivity index (χ4v) is 7.85. The second kappa shape index (κ2) is 15.3. The van der Waals surface area contributed by atoms with Crippen molar-refractivity contribution in [1.29, 1.82) is 0 Å². The zero-order valence-corrected chi connectivity index (χ0v) is 27.7. The summed E-state index contributed by atoms with van der Waals surface area (Å²) in [5.74, 6) is -3.27. The van der Waals surface area contributed by atoms with Gasteiger partial charge in [-0.15, -0.1) is 0 Å². The van der Waals surface area contributed by atoms with Gasteiger partial charge in [0.2, 0.25) is 17.7 Å². The van der Waals surface area contributed by atoms with Crippen LogP contribution < -0.4 is 5.32 Å². The number of esters is 1. The smallest absolute Gasteiger partial charge is 0.313 e. The number of carbonyl (C=O) groups is 4. The van der Waals surface area contributed by atoms with Gasteiger partial charge in [-0.2, -0.15) is 0 Å². The summed E-state index contributed by atoms with van der Waals surface area (Å²) in [6.07, 6.45) is 8.21. The van der Waals surface area contributed by atoms with E-state index in [0.29, 0.717) is 65.1 Å². The van der Waals surface area contributed by atoms with Crippen LogP contribution in [0.2, 0.25) is 0 Å². The van der Waals surface area contributed by atoms with E-state index in [-0.39, 0.29) is 30.7 Å². The Hall–Kier alpha value is -3.58. The average molecular weight is 665 g/mol. The number of ether oxygens (including phenoxy) is 3. The lowest BCUT2D eigenvalue weighted by Crippen LogP contribution is -2.56. The van der Waals surface area contributed by atoms with Crippen LogP contribution in [0.1, 0.15) is 50.7 Å². The van der Waals surface area contributed by atoms with Gasteiger partial charge in [-0.05, 0) is 38.2 Å². The van der Waals surface area contributed by atoms with Crippen LogP contribution in [0.3, 0.4) is 0 Å². The van der Waals surface area contributed by atoms with Gasteiger partial charge in [0, 0.05) is 52.3 Å². The average Bonchev–Trinajstić information content (AvgIpc) is 3.48. The van der Waals surface area contributed by atoms with E-state index in [2.05, 4.69) is 10.2 Å². The Morgan fingerprint density at radius 3 is 2.52 bits per heavy atom. The predicted molar refractivity (Wildman–Crippen MR) is 175 cm³/mol. The largest absolute Gasteiger partial charge is 0.455 e. The van der Waals surface area contributed by atoms with E-state index in [1.165, 1.54) is 0 Å². The number of aliphatic hydroxyl groups excluding tert-OH is 1. The standard InChI is InChI=1S/C36H48N4O8/c1-25-31(26-11-4-2-5-12-26)47-35(45)29-27(13-6-7-14-28(42)37-25)48-36-15-10-16-39(19-18-38-20-23-46-24-21-38)34(44)32(36)40(33(43)30(29)36)17-8-3-9-22-41/h2,4-6,10-13,15,25,27,29-32,41H,3,7-9,14,16-24H2,1H3,(H,37,42)/b13-6-/t25-,27-,29+,30+,31+,32-,36+/m0/s1. The van der Waals surface area contributed by atoms with Crippen molar-refractivity contribution < 1.29 is 38.5 Å². The van der Waals surface area contributed by atoms with Gasteiger partial charge in [0.1, 0.15) is 23.7 Å². The molecule has 12 nitrogen and oxygen atoms in total. The number of benzene rings is 1. The number of hydrogen-bond acceptors (Lipinski definition) is 9. The number of morpholine rings is 1. The lowest BCUT2D eigenvalue weighted by Gasteiger charge is -2.36. The van der Waals surface area contributed by atoms with Crippen LogP contribution in [0.25, 0.3) is 0 Å². The third kappa shape index (κ3) is 6.94. The first-order valence-electron chi connectivity index (χ1n) is 17.4. The topological polar surface area (TPSA) is 138 Å². The Morgan fingerprint density at radius 1 is 0.958 bits per heavy atom. The second-order valence-electron chi connectivity index (χ2n) is 13.4. The number of allylic oxidation sites excluding steroid dienone is 1. The van der Waals surface area contributed by atoms with E-state index in [0.717, 1.165) is 18.7 Å². The normalized spacial score (nSPS) is 33.5. The number of nitrogens with one attached hydrogen (secondary N) is 1. The molecule has 5 heterocycles. The summed E-state index contributed by atoms with van der Waals surface area (Å²) in [7, 11) is 0. The maximum absolute atomic E-state index is 14.6. The first-order valence-corrected chi connectivity index (χ1v) is 17.4. The number of likely N-dealkylation sites (tertiary alicyclic amines) is 1. The van der Waals surface area contributed by atoms with Gasteiger partial charge in [0.15, 0.2) is 0 Å². The molecule has 3 fully saturated rings. The van der Waals surface area contributed by atoms with E-state index in [1.54, 1.807) is 22.8 Å². The van der Waals surface area contributed by atoms with Crippen LogP contribution in [0.5, 0.6) is 0 Å². The fraction of sp³-hybridized carbons (Fsp3) is 0.611. The molecule has 1 spiro atoms. The van der Waals surface area contributed by atoms with Crippen LogP contribution in [-0.4, -0.2) is 126 Å². The molecule has 5 aliphatic rings. The highest BCUT2D eigenvalue weighted by Gasteiger charge is 2.71. The summed E-state index contributed by atoms with van der Waals surface area (Å²) in [4.78, 5) is 62.0. The molecule has 0 unspecified atom stereocenters. The Morgan fingerprint density at radius 2 is 1.75 bits per heavy atom. The number of unbranched alkanes of at least 4 members (excludes halogenated alkanes) is 2. The zero-order valence-electron chi connectivity index (χ0n) is 27.7. The Kier molecular flexibility index (Phi) is 10.9. The van der Waals surface area contributed by atoms with Crippen LogP contribution in [-0.2, 0) is 33.4 Å². The number of fused-ring (bicyclic) bond motifs is 2. The first-order chi connectivity index (χ1) is 23.3. The summed E-state index contributed by atoms with van der Waals surface area (Å²) in [6.45, 7) is 6.60. The lowest BCUT2D eigenvalue weighted by molar-refractivity contribution is -0.161. The quantitative estimate of drug-likeness (QED) is 0.229. The Balaban J connectivity index is 1.35. The molecule has 12 heteroatoms. The number of amides is 3. The number of hydrogen-bond donors (Lipinski definition) is 2. The van der Waals surface area contributed by atoms with Crippen LogP contribution in [0, 0.1) is 11.8 Å². The van der Waals surface area contributed by atoms with Gasteiger partial charge in [0.05, 0.1) is 31.3 Å². The van der Waals surface area contributed by atoms with Crippen molar-refractivity contribution >= 4 is 23.7 Å². The Labute approximate surface area is 282 Å². The number of nitrogens with zero attached hydrogens (tertiary/aromatic N) is 3. The summed E-state index contributed by atoms with van der Waals surface area (Å²) >= 11 is 0. The van der Waals surface area contributed by atoms with Crippen molar-refractivity contribution in [2.45, 2.75) is 68.9 Å². The molecule has 2 N–H and O–H groups in total. The van der Waals surface area contributed by atoms with Crippen molar-refractivity contribution in [3.05, 3.63) is 60.2 Å². The number of aliphatic hydroxyl groups is 1. The van der Waals surface area contributed by atoms with Crippen molar-refractivity contribution in [1.82, 2.24) is 20.0 Å². The van der Waals surface area contributed by atoms with E-state index >= 15 is 0 Å². The minimum Gasteiger partial charge on any atom is -0.455 e. The highest BCUT2D eigenvalue weighted by atomic mass is 16.6. The molecule has 0 radical (unpaired) electrons. The third-order valence-corrected chi connectivity index (χ3v) is 10.3. The minimum absolute atomic E-state index is 0.0490. The van der Waals surface area contributed by atoms with E-state index in [1.807, 2.05) is 48.6 Å². The summed E-state index contributed by atoms with van der Waals surface area (Å²) in [5.41, 5.74) is -0.655. The van der Waals surface area contributed by atoms with E-state index in [4.69, 9.17) is 14.2 Å². The van der Waals surface area contributed by atoms with Gasteiger partial charge >= 0.3 is 5.97 Å². The number of rotatable bonds is 9. The van der Waals surface area contributed by atoms with E-state index < -0.39 is 47.7 Å². The number of carbonyl (C=O) groups excluding carboxylic acids is 4. The molecule has 48 heavy (non-hydrogen) atoms. The van der Waals surface area contributed by atoms with Crippen LogP contribution >= 0.6 is 0 Å². The van der Waals surface area contributed by atoms with E-state index in [9.17, 15) is 24.3 Å². The van der Waals surface area contributed by atoms with Gasteiger partial charge in [0.25, 0.3) is 0 Å². The molecule has 6 rings (SSSR count). The first kappa shape index (κ1) is 34.3.